The summed E-state index contributed by atoms with van der Waals surface area (Å²) in [7, 11) is 1.58. The van der Waals surface area contributed by atoms with E-state index in [1.165, 1.54) is 6.33 Å². The lowest BCUT2D eigenvalue weighted by atomic mass is 10.3. The fourth-order valence-corrected chi connectivity index (χ4v) is 1.04. The van der Waals surface area contributed by atoms with E-state index in [9.17, 15) is 0 Å². The Morgan fingerprint density at radius 3 is 3.08 bits per heavy atom. The normalized spacial score (nSPS) is 10.1. The van der Waals surface area contributed by atoms with Gasteiger partial charge in [-0.2, -0.15) is 0 Å². The summed E-state index contributed by atoms with van der Waals surface area (Å²) in [4.78, 5) is 12.0. The molecule has 0 atom stereocenters. The highest BCUT2D eigenvalue weighted by molar-refractivity contribution is 5.81. The van der Waals surface area contributed by atoms with Crippen molar-refractivity contribution in [1.29, 1.82) is 0 Å². The minimum absolute atomic E-state index is 0.563. The second-order valence-corrected chi connectivity index (χ2v) is 2.28. The van der Waals surface area contributed by atoms with Crippen molar-refractivity contribution < 1.29 is 4.74 Å². The lowest BCUT2D eigenvalue weighted by molar-refractivity contribution is 0.402. The third-order valence-electron chi connectivity index (χ3n) is 1.59. The van der Waals surface area contributed by atoms with Crippen LogP contribution in [0.2, 0.25) is 0 Å². The maximum Gasteiger partial charge on any atom is 0.225 e. The summed E-state index contributed by atoms with van der Waals surface area (Å²) in [5, 5.41) is 0.836. The first-order chi connectivity index (χ1) is 5.92. The number of hydrogen-bond donors (Lipinski definition) is 0. The molecule has 0 spiro atoms. The fourth-order valence-electron chi connectivity index (χ4n) is 1.04. The van der Waals surface area contributed by atoms with Crippen molar-refractivity contribution >= 4 is 10.9 Å². The predicted molar refractivity (Wildman–Crippen MR) is 43.9 cm³/mol. The molecule has 0 saturated carbocycles. The molecule has 2 rings (SSSR count). The minimum Gasteiger partial charge on any atom is -0.480 e. The molecule has 0 bridgehead atoms. The Hall–Kier alpha value is -1.71. The summed E-state index contributed by atoms with van der Waals surface area (Å²) < 4.78 is 5.04. The highest BCUT2D eigenvalue weighted by Crippen LogP contribution is 2.18. The number of ether oxygens (including phenoxy) is 1. The molecule has 4 heteroatoms. The number of rotatable bonds is 1. The maximum absolute atomic E-state index is 5.04. The Balaban J connectivity index is 2.79. The fraction of sp³-hybridized carbons (Fsp3) is 0.125. The van der Waals surface area contributed by atoms with E-state index in [-0.39, 0.29) is 0 Å². The van der Waals surface area contributed by atoms with Gasteiger partial charge in [-0.25, -0.2) is 9.97 Å². The van der Waals surface area contributed by atoms with E-state index in [4.69, 9.17) is 4.74 Å². The molecule has 0 N–H and O–H groups in total. The molecular formula is C8H7N3O. The average Bonchev–Trinajstić information content (AvgIpc) is 2.17. The van der Waals surface area contributed by atoms with Crippen molar-refractivity contribution in [3.05, 3.63) is 24.8 Å². The van der Waals surface area contributed by atoms with Gasteiger partial charge >= 0.3 is 0 Å². The van der Waals surface area contributed by atoms with E-state index in [1.54, 1.807) is 19.5 Å². The van der Waals surface area contributed by atoms with Crippen LogP contribution in [0, 0.1) is 0 Å². The van der Waals surface area contributed by atoms with E-state index in [2.05, 4.69) is 15.0 Å². The summed E-state index contributed by atoms with van der Waals surface area (Å²) in [5.41, 5.74) is 0.844. The molecule has 0 fully saturated rings. The summed E-state index contributed by atoms with van der Waals surface area (Å²) in [6.45, 7) is 0. The van der Waals surface area contributed by atoms with Crippen molar-refractivity contribution in [1.82, 2.24) is 15.0 Å². The van der Waals surface area contributed by atoms with Gasteiger partial charge in [-0.1, -0.05) is 0 Å². The second-order valence-electron chi connectivity index (χ2n) is 2.28. The number of methoxy groups -OCH3 is 1. The van der Waals surface area contributed by atoms with Gasteiger partial charge < -0.3 is 4.74 Å². The first-order valence-electron chi connectivity index (χ1n) is 3.50. The molecule has 0 unspecified atom stereocenters. The molecule has 0 aromatic carbocycles. The van der Waals surface area contributed by atoms with E-state index in [0.29, 0.717) is 5.88 Å². The van der Waals surface area contributed by atoms with Gasteiger partial charge in [0.25, 0.3) is 0 Å². The van der Waals surface area contributed by atoms with Crippen LogP contribution in [-0.2, 0) is 0 Å². The molecule has 2 heterocycles. The van der Waals surface area contributed by atoms with Crippen LogP contribution in [0.25, 0.3) is 10.9 Å². The van der Waals surface area contributed by atoms with E-state index in [0.717, 1.165) is 10.9 Å². The van der Waals surface area contributed by atoms with Gasteiger partial charge in [-0.3, -0.25) is 4.98 Å². The third-order valence-corrected chi connectivity index (χ3v) is 1.59. The second kappa shape index (κ2) is 2.73. The van der Waals surface area contributed by atoms with E-state index < -0.39 is 0 Å². The molecule has 0 aliphatic rings. The lowest BCUT2D eigenvalue weighted by Gasteiger charge is -2.00. The van der Waals surface area contributed by atoms with Crippen LogP contribution >= 0.6 is 0 Å². The Morgan fingerprint density at radius 1 is 1.33 bits per heavy atom. The van der Waals surface area contributed by atoms with Gasteiger partial charge in [0.1, 0.15) is 6.33 Å². The molecule has 12 heavy (non-hydrogen) atoms. The zero-order chi connectivity index (χ0) is 8.39. The van der Waals surface area contributed by atoms with Crippen LogP contribution in [-0.4, -0.2) is 22.1 Å². The van der Waals surface area contributed by atoms with Crippen molar-refractivity contribution in [3.63, 3.8) is 0 Å². The molecule has 0 saturated heterocycles. The van der Waals surface area contributed by atoms with Crippen LogP contribution in [0.15, 0.2) is 24.8 Å². The Morgan fingerprint density at radius 2 is 2.25 bits per heavy atom. The van der Waals surface area contributed by atoms with Crippen molar-refractivity contribution in [2.45, 2.75) is 0 Å². The van der Waals surface area contributed by atoms with Crippen LogP contribution < -0.4 is 4.74 Å². The maximum atomic E-state index is 5.04. The van der Waals surface area contributed by atoms with Crippen LogP contribution in [0.4, 0.5) is 0 Å². The Labute approximate surface area is 69.3 Å². The lowest BCUT2D eigenvalue weighted by Crippen LogP contribution is -1.90. The minimum atomic E-state index is 0.563. The number of nitrogens with zero attached hydrogens (tertiary/aromatic N) is 3. The summed E-state index contributed by atoms with van der Waals surface area (Å²) in [5.74, 6) is 0.563. The van der Waals surface area contributed by atoms with E-state index >= 15 is 0 Å². The number of aromatic nitrogens is 3. The summed E-state index contributed by atoms with van der Waals surface area (Å²) in [6.07, 6.45) is 4.85. The molecule has 4 nitrogen and oxygen atoms in total. The highest BCUT2D eigenvalue weighted by atomic mass is 16.5. The Bertz CT molecular complexity index is 397. The molecule has 0 aliphatic carbocycles. The first-order valence-corrected chi connectivity index (χ1v) is 3.50. The van der Waals surface area contributed by atoms with Gasteiger partial charge in [-0.05, 0) is 6.07 Å². The van der Waals surface area contributed by atoms with Crippen LogP contribution in [0.5, 0.6) is 5.88 Å². The van der Waals surface area contributed by atoms with Crippen LogP contribution in [0.3, 0.4) is 0 Å². The SMILES string of the molecule is COc1ncnc2ccncc12. The van der Waals surface area contributed by atoms with Crippen molar-refractivity contribution in [2.75, 3.05) is 7.11 Å². The smallest absolute Gasteiger partial charge is 0.225 e. The largest absolute Gasteiger partial charge is 0.480 e. The topological polar surface area (TPSA) is 47.9 Å². The number of fused-ring (bicyclic) bond motifs is 1. The molecule has 2 aromatic rings. The summed E-state index contributed by atoms with van der Waals surface area (Å²) in [6, 6.07) is 1.82. The van der Waals surface area contributed by atoms with Crippen molar-refractivity contribution in [2.24, 2.45) is 0 Å². The number of hydrogen-bond acceptors (Lipinski definition) is 4. The standard InChI is InChI=1S/C8H7N3O/c1-12-8-6-4-9-3-2-7(6)10-5-11-8/h2-5H,1H3. The van der Waals surface area contributed by atoms with Gasteiger partial charge in [0.05, 0.1) is 18.0 Å². The zero-order valence-electron chi connectivity index (χ0n) is 6.56. The van der Waals surface area contributed by atoms with Gasteiger partial charge in [0, 0.05) is 12.4 Å². The first kappa shape index (κ1) is 6.97. The van der Waals surface area contributed by atoms with Gasteiger partial charge in [0.2, 0.25) is 5.88 Å². The molecule has 2 aromatic heterocycles. The quantitative estimate of drug-likeness (QED) is 0.626. The molecule has 0 aliphatic heterocycles. The molecule has 60 valence electrons. The predicted octanol–water partition coefficient (Wildman–Crippen LogP) is 1.03. The van der Waals surface area contributed by atoms with Crippen LogP contribution in [0.1, 0.15) is 0 Å². The Kier molecular flexibility index (Phi) is 1.59. The molecular weight excluding hydrogens is 154 g/mol. The molecule has 0 amide bonds. The monoisotopic (exact) mass is 161 g/mol. The molecule has 0 radical (unpaired) electrons. The third kappa shape index (κ3) is 0.972. The number of pyridine rings is 1. The van der Waals surface area contributed by atoms with E-state index in [1.807, 2.05) is 6.07 Å². The van der Waals surface area contributed by atoms with Gasteiger partial charge in [0.15, 0.2) is 0 Å². The van der Waals surface area contributed by atoms with Crippen molar-refractivity contribution in [3.8, 4) is 5.88 Å². The highest BCUT2D eigenvalue weighted by Gasteiger charge is 2.00. The average molecular weight is 161 g/mol. The zero-order valence-corrected chi connectivity index (χ0v) is 6.56. The summed E-state index contributed by atoms with van der Waals surface area (Å²) >= 11 is 0. The van der Waals surface area contributed by atoms with Gasteiger partial charge in [-0.15, -0.1) is 0 Å².